The average molecular weight is 411 g/mol. The summed E-state index contributed by atoms with van der Waals surface area (Å²) in [5, 5.41) is 14.8. The summed E-state index contributed by atoms with van der Waals surface area (Å²) in [6.45, 7) is 0.824. The van der Waals surface area contributed by atoms with Crippen LogP contribution in [0.4, 0.5) is 0 Å². The molecule has 0 radical (unpaired) electrons. The van der Waals surface area contributed by atoms with Crippen molar-refractivity contribution in [1.29, 1.82) is 0 Å². The van der Waals surface area contributed by atoms with E-state index in [1.807, 2.05) is 0 Å². The first-order valence-electron chi connectivity index (χ1n) is 5.84. The summed E-state index contributed by atoms with van der Waals surface area (Å²) in [6.07, 6.45) is 0. The number of benzene rings is 1. The molecule has 3 N–H and O–H groups in total. The maximum absolute atomic E-state index is 12.3. The number of hydrogen-bond donors (Lipinski definition) is 2. The molecule has 1 aliphatic rings. The highest BCUT2D eigenvalue weighted by atomic mass is 127. The summed E-state index contributed by atoms with van der Waals surface area (Å²) in [4.78, 5) is 13.8. The number of halogens is 1. The van der Waals surface area contributed by atoms with Gasteiger partial charge in [-0.15, -0.1) is 0 Å². The van der Waals surface area contributed by atoms with Crippen LogP contribution in [-0.2, 0) is 10.2 Å². The Bertz CT molecular complexity index is 627. The number of carbonyl (C=O) groups is 1. The summed E-state index contributed by atoms with van der Waals surface area (Å²) >= 11 is 2.05. The van der Waals surface area contributed by atoms with Gasteiger partial charge in [0, 0.05) is 29.7 Å². The second-order valence-corrected chi connectivity index (χ2v) is 7.19. The number of nitrogens with zero attached hydrogens (tertiary/aromatic N) is 2. The lowest BCUT2D eigenvalue weighted by Crippen LogP contribution is -2.52. The lowest BCUT2D eigenvalue weighted by Gasteiger charge is -2.33. The van der Waals surface area contributed by atoms with Crippen molar-refractivity contribution >= 4 is 38.7 Å². The third-order valence-electron chi connectivity index (χ3n) is 3.07. The normalized spacial score (nSPS) is 17.2. The number of piperazine rings is 1. The van der Waals surface area contributed by atoms with Crippen LogP contribution in [0.2, 0.25) is 0 Å². The van der Waals surface area contributed by atoms with E-state index in [2.05, 4.69) is 22.6 Å². The van der Waals surface area contributed by atoms with Crippen LogP contribution < -0.4 is 5.14 Å². The summed E-state index contributed by atoms with van der Waals surface area (Å²) in [6, 6.07) is 4.77. The molecule has 0 aromatic heterocycles. The van der Waals surface area contributed by atoms with Crippen LogP contribution in [0, 0.1) is 3.57 Å². The number of aromatic hydroxyl groups is 1. The Morgan fingerprint density at radius 2 is 1.85 bits per heavy atom. The average Bonchev–Trinajstić information content (AvgIpc) is 2.40. The molecule has 0 atom stereocenters. The van der Waals surface area contributed by atoms with Gasteiger partial charge in [-0.05, 0) is 40.8 Å². The van der Waals surface area contributed by atoms with Crippen molar-refractivity contribution in [3.63, 3.8) is 0 Å². The zero-order valence-electron chi connectivity index (χ0n) is 10.5. The first-order chi connectivity index (χ1) is 9.29. The van der Waals surface area contributed by atoms with E-state index in [9.17, 15) is 18.3 Å². The summed E-state index contributed by atoms with van der Waals surface area (Å²) in [5.74, 6) is -0.389. The fraction of sp³-hybridized carbons (Fsp3) is 0.364. The van der Waals surface area contributed by atoms with E-state index >= 15 is 0 Å². The van der Waals surface area contributed by atoms with Gasteiger partial charge in [0.25, 0.3) is 16.1 Å². The smallest absolute Gasteiger partial charge is 0.277 e. The molecule has 1 aliphatic heterocycles. The van der Waals surface area contributed by atoms with E-state index in [4.69, 9.17) is 5.14 Å². The van der Waals surface area contributed by atoms with Gasteiger partial charge in [0.05, 0.1) is 5.56 Å². The molecule has 2 rings (SSSR count). The number of amides is 1. The number of phenolic OH excluding ortho intramolecular Hbond substituents is 1. The van der Waals surface area contributed by atoms with Crippen molar-refractivity contribution in [1.82, 2.24) is 9.21 Å². The Morgan fingerprint density at radius 3 is 2.40 bits per heavy atom. The van der Waals surface area contributed by atoms with E-state index in [0.717, 1.165) is 7.88 Å². The molecule has 1 heterocycles. The number of rotatable bonds is 2. The maximum Gasteiger partial charge on any atom is 0.277 e. The van der Waals surface area contributed by atoms with E-state index in [1.165, 1.54) is 11.0 Å². The lowest BCUT2D eigenvalue weighted by atomic mass is 10.1. The molecule has 1 fully saturated rings. The third-order valence-corrected chi connectivity index (χ3v) is 4.83. The molecule has 1 saturated heterocycles. The first-order valence-corrected chi connectivity index (χ1v) is 8.43. The Kier molecular flexibility index (Phi) is 4.52. The lowest BCUT2D eigenvalue weighted by molar-refractivity contribution is 0.0694. The number of carbonyl (C=O) groups excluding carboxylic acids is 1. The summed E-state index contributed by atoms with van der Waals surface area (Å²) in [5.41, 5.74) is 0.223. The number of hydrogen-bond acceptors (Lipinski definition) is 4. The third kappa shape index (κ3) is 3.40. The van der Waals surface area contributed by atoms with Crippen molar-refractivity contribution in [3.8, 4) is 5.75 Å². The van der Waals surface area contributed by atoms with Crippen molar-refractivity contribution < 1.29 is 18.3 Å². The molecule has 1 aromatic carbocycles. The fourth-order valence-electron chi connectivity index (χ4n) is 2.00. The van der Waals surface area contributed by atoms with E-state index in [0.29, 0.717) is 0 Å². The number of phenols is 1. The standard InChI is InChI=1S/C11H14IN3O4S/c12-8-1-2-10(16)9(7-8)11(17)14-3-5-15(6-4-14)20(13,18)19/h1-2,7,16H,3-6H2,(H2,13,18,19). The van der Waals surface area contributed by atoms with Gasteiger partial charge in [-0.3, -0.25) is 4.79 Å². The highest BCUT2D eigenvalue weighted by Crippen LogP contribution is 2.22. The molecule has 1 aromatic rings. The second kappa shape index (κ2) is 5.84. The van der Waals surface area contributed by atoms with Crippen molar-refractivity contribution in [2.75, 3.05) is 26.2 Å². The molecule has 7 nitrogen and oxygen atoms in total. The minimum atomic E-state index is -3.71. The first kappa shape index (κ1) is 15.5. The molecule has 0 unspecified atom stereocenters. The van der Waals surface area contributed by atoms with Crippen LogP contribution in [-0.4, -0.2) is 54.8 Å². The van der Waals surface area contributed by atoms with E-state index in [-0.39, 0.29) is 43.4 Å². The minimum absolute atomic E-state index is 0.0794. The van der Waals surface area contributed by atoms with Crippen LogP contribution in [0.1, 0.15) is 10.4 Å². The quantitative estimate of drug-likeness (QED) is 0.667. The van der Waals surface area contributed by atoms with Crippen molar-refractivity contribution in [2.45, 2.75) is 0 Å². The minimum Gasteiger partial charge on any atom is -0.507 e. The Labute approximate surface area is 130 Å². The second-order valence-electron chi connectivity index (χ2n) is 4.40. The SMILES string of the molecule is NS(=O)(=O)N1CCN(C(=O)c2cc(I)ccc2O)CC1. The molecule has 20 heavy (non-hydrogen) atoms. The molecule has 1 amide bonds. The zero-order chi connectivity index (χ0) is 14.9. The van der Waals surface area contributed by atoms with Gasteiger partial charge in [-0.2, -0.15) is 12.7 Å². The van der Waals surface area contributed by atoms with E-state index < -0.39 is 10.2 Å². The largest absolute Gasteiger partial charge is 0.507 e. The maximum atomic E-state index is 12.3. The van der Waals surface area contributed by atoms with Crippen LogP contribution in [0.25, 0.3) is 0 Å². The number of nitrogens with two attached hydrogens (primary N) is 1. The van der Waals surface area contributed by atoms with Crippen LogP contribution in [0.15, 0.2) is 18.2 Å². The van der Waals surface area contributed by atoms with Gasteiger partial charge in [0.15, 0.2) is 0 Å². The molecule has 0 saturated carbocycles. The highest BCUT2D eigenvalue weighted by Gasteiger charge is 2.28. The molecule has 0 aliphatic carbocycles. The molecule has 110 valence electrons. The van der Waals surface area contributed by atoms with Gasteiger partial charge in [-0.25, -0.2) is 5.14 Å². The Hall–Kier alpha value is -0.910. The monoisotopic (exact) mass is 411 g/mol. The van der Waals surface area contributed by atoms with Gasteiger partial charge < -0.3 is 10.0 Å². The fourth-order valence-corrected chi connectivity index (χ4v) is 3.16. The zero-order valence-corrected chi connectivity index (χ0v) is 13.5. The van der Waals surface area contributed by atoms with Crippen molar-refractivity contribution in [2.24, 2.45) is 5.14 Å². The molecular weight excluding hydrogens is 397 g/mol. The Balaban J connectivity index is 2.11. The van der Waals surface area contributed by atoms with Crippen LogP contribution in [0.5, 0.6) is 5.75 Å². The van der Waals surface area contributed by atoms with Gasteiger partial charge >= 0.3 is 0 Å². The molecular formula is C11H14IN3O4S. The predicted molar refractivity (Wildman–Crippen MR) is 81.4 cm³/mol. The van der Waals surface area contributed by atoms with Gasteiger partial charge in [-0.1, -0.05) is 0 Å². The van der Waals surface area contributed by atoms with Crippen LogP contribution in [0.3, 0.4) is 0 Å². The molecule has 0 spiro atoms. The van der Waals surface area contributed by atoms with Crippen LogP contribution >= 0.6 is 22.6 Å². The van der Waals surface area contributed by atoms with Gasteiger partial charge in [0.1, 0.15) is 5.75 Å². The summed E-state index contributed by atoms with van der Waals surface area (Å²) in [7, 11) is -3.71. The predicted octanol–water partition coefficient (Wildman–Crippen LogP) is -0.0419. The van der Waals surface area contributed by atoms with E-state index in [1.54, 1.807) is 12.1 Å². The van der Waals surface area contributed by atoms with Gasteiger partial charge in [0.2, 0.25) is 0 Å². The highest BCUT2D eigenvalue weighted by molar-refractivity contribution is 14.1. The Morgan fingerprint density at radius 1 is 1.25 bits per heavy atom. The molecule has 9 heteroatoms. The topological polar surface area (TPSA) is 104 Å². The molecule has 0 bridgehead atoms. The van der Waals surface area contributed by atoms with Crippen molar-refractivity contribution in [3.05, 3.63) is 27.3 Å². The summed E-state index contributed by atoms with van der Waals surface area (Å²) < 4.78 is 24.4.